The number of aliphatic hydroxyl groups is 1. The van der Waals surface area contributed by atoms with Crippen molar-refractivity contribution in [1.82, 2.24) is 19.6 Å². The summed E-state index contributed by atoms with van der Waals surface area (Å²) in [5, 5.41) is 14.3. The molecule has 6 nitrogen and oxygen atoms in total. The van der Waals surface area contributed by atoms with E-state index in [1.54, 1.807) is 10.9 Å². The quantitative estimate of drug-likeness (QED) is 0.892. The van der Waals surface area contributed by atoms with Gasteiger partial charge in [0.25, 0.3) is 5.91 Å². The van der Waals surface area contributed by atoms with Crippen LogP contribution in [0.4, 0.5) is 0 Å². The van der Waals surface area contributed by atoms with Crippen LogP contribution >= 0.6 is 0 Å². The van der Waals surface area contributed by atoms with Gasteiger partial charge in [-0.3, -0.25) is 14.4 Å². The van der Waals surface area contributed by atoms with Gasteiger partial charge in [-0.2, -0.15) is 5.10 Å². The molecule has 0 saturated carbocycles. The highest BCUT2D eigenvalue weighted by molar-refractivity contribution is 5.83. The Morgan fingerprint density at radius 1 is 1.16 bits per heavy atom. The standard InChI is InChI=1S/C19H26N4O2/c1-19(2,25)15-21-11-13-22(14-12-21)18(24)17(23-10-6-9-20-23)16-7-4-3-5-8-16/h3-10,17,25H,11-15H2,1-2H3/t17-/m0/s1. The van der Waals surface area contributed by atoms with Crippen molar-refractivity contribution in [1.29, 1.82) is 0 Å². The molecule has 2 aromatic rings. The van der Waals surface area contributed by atoms with Crippen molar-refractivity contribution in [3.05, 3.63) is 54.4 Å². The van der Waals surface area contributed by atoms with Crippen molar-refractivity contribution in [3.8, 4) is 0 Å². The minimum Gasteiger partial charge on any atom is -0.389 e. The topological polar surface area (TPSA) is 61.6 Å². The Morgan fingerprint density at radius 2 is 1.84 bits per heavy atom. The fourth-order valence-corrected chi connectivity index (χ4v) is 3.32. The average molecular weight is 342 g/mol. The Bertz CT molecular complexity index is 671. The Morgan fingerprint density at radius 3 is 2.40 bits per heavy atom. The molecule has 0 spiro atoms. The van der Waals surface area contributed by atoms with Crippen molar-refractivity contribution in [3.63, 3.8) is 0 Å². The molecule has 0 bridgehead atoms. The first kappa shape index (κ1) is 17.6. The molecule has 25 heavy (non-hydrogen) atoms. The van der Waals surface area contributed by atoms with E-state index in [4.69, 9.17) is 0 Å². The van der Waals surface area contributed by atoms with Crippen LogP contribution in [0, 0.1) is 0 Å². The van der Waals surface area contributed by atoms with E-state index in [1.807, 2.05) is 61.3 Å². The lowest BCUT2D eigenvalue weighted by Crippen LogP contribution is -2.53. The smallest absolute Gasteiger partial charge is 0.252 e. The lowest BCUT2D eigenvalue weighted by molar-refractivity contribution is -0.135. The molecular weight excluding hydrogens is 316 g/mol. The molecule has 1 fully saturated rings. The van der Waals surface area contributed by atoms with Crippen LogP contribution in [0.5, 0.6) is 0 Å². The lowest BCUT2D eigenvalue weighted by Gasteiger charge is -2.38. The minimum absolute atomic E-state index is 0.0674. The highest BCUT2D eigenvalue weighted by Crippen LogP contribution is 2.21. The summed E-state index contributed by atoms with van der Waals surface area (Å²) in [6.45, 7) is 7.13. The molecule has 3 rings (SSSR count). The summed E-state index contributed by atoms with van der Waals surface area (Å²) in [4.78, 5) is 17.3. The van der Waals surface area contributed by atoms with E-state index in [0.29, 0.717) is 19.6 Å². The molecule has 1 saturated heterocycles. The molecule has 1 N–H and O–H groups in total. The molecule has 1 aromatic heterocycles. The van der Waals surface area contributed by atoms with E-state index in [2.05, 4.69) is 10.00 Å². The number of carbonyl (C=O) groups is 1. The minimum atomic E-state index is -0.714. The molecule has 6 heteroatoms. The van der Waals surface area contributed by atoms with Crippen LogP contribution < -0.4 is 0 Å². The number of benzene rings is 1. The molecule has 1 aliphatic rings. The van der Waals surface area contributed by atoms with Gasteiger partial charge in [0.05, 0.1) is 5.60 Å². The molecule has 0 radical (unpaired) electrons. The molecule has 1 atom stereocenters. The summed E-state index contributed by atoms with van der Waals surface area (Å²) in [5.41, 5.74) is 0.225. The van der Waals surface area contributed by atoms with Crippen LogP contribution in [-0.4, -0.2) is 68.9 Å². The van der Waals surface area contributed by atoms with Gasteiger partial charge in [-0.15, -0.1) is 0 Å². The molecule has 1 amide bonds. The number of carbonyl (C=O) groups excluding carboxylic acids is 1. The van der Waals surface area contributed by atoms with Crippen LogP contribution in [0.2, 0.25) is 0 Å². The lowest BCUT2D eigenvalue weighted by atomic mass is 10.0. The summed E-state index contributed by atoms with van der Waals surface area (Å²) in [6.07, 6.45) is 3.53. The third-order valence-electron chi connectivity index (χ3n) is 4.43. The number of hydrogen-bond acceptors (Lipinski definition) is 4. The van der Waals surface area contributed by atoms with Gasteiger partial charge < -0.3 is 10.0 Å². The maximum Gasteiger partial charge on any atom is 0.252 e. The highest BCUT2D eigenvalue weighted by Gasteiger charge is 2.31. The molecular formula is C19H26N4O2. The van der Waals surface area contributed by atoms with Gasteiger partial charge in [-0.25, -0.2) is 0 Å². The van der Waals surface area contributed by atoms with E-state index in [0.717, 1.165) is 18.7 Å². The molecule has 0 unspecified atom stereocenters. The fraction of sp³-hybridized carbons (Fsp3) is 0.474. The number of β-amino-alcohol motifs (C(OH)–C–C–N with tert-alkyl or cyclic N) is 1. The number of hydrogen-bond donors (Lipinski definition) is 1. The number of rotatable bonds is 5. The van der Waals surface area contributed by atoms with E-state index in [-0.39, 0.29) is 5.91 Å². The number of aromatic nitrogens is 2. The summed E-state index contributed by atoms with van der Waals surface area (Å²) in [5.74, 6) is 0.0674. The fourth-order valence-electron chi connectivity index (χ4n) is 3.32. The first-order chi connectivity index (χ1) is 11.9. The Balaban J connectivity index is 1.72. The van der Waals surface area contributed by atoms with Gasteiger partial charge in [-0.05, 0) is 25.5 Å². The van der Waals surface area contributed by atoms with Crippen LogP contribution in [0.1, 0.15) is 25.5 Å². The van der Waals surface area contributed by atoms with E-state index in [1.165, 1.54) is 0 Å². The zero-order valence-electron chi connectivity index (χ0n) is 14.9. The van der Waals surface area contributed by atoms with Crippen molar-refractivity contribution in [2.45, 2.75) is 25.5 Å². The van der Waals surface area contributed by atoms with Gasteiger partial charge in [0, 0.05) is 45.1 Å². The van der Waals surface area contributed by atoms with Crippen LogP contribution in [-0.2, 0) is 4.79 Å². The van der Waals surface area contributed by atoms with Crippen LogP contribution in [0.3, 0.4) is 0 Å². The molecule has 0 aliphatic carbocycles. The predicted octanol–water partition coefficient (Wildman–Crippen LogP) is 1.39. The van der Waals surface area contributed by atoms with Crippen molar-refractivity contribution < 1.29 is 9.90 Å². The van der Waals surface area contributed by atoms with E-state index in [9.17, 15) is 9.90 Å². The van der Waals surface area contributed by atoms with Gasteiger partial charge in [0.1, 0.15) is 0 Å². The normalized spacial score (nSPS) is 17.5. The van der Waals surface area contributed by atoms with Crippen LogP contribution in [0.15, 0.2) is 48.8 Å². The van der Waals surface area contributed by atoms with Gasteiger partial charge in [0.15, 0.2) is 6.04 Å². The summed E-state index contributed by atoms with van der Waals surface area (Å²) < 4.78 is 1.72. The van der Waals surface area contributed by atoms with Crippen LogP contribution in [0.25, 0.3) is 0 Å². The molecule has 1 aromatic carbocycles. The maximum absolute atomic E-state index is 13.2. The highest BCUT2D eigenvalue weighted by atomic mass is 16.3. The first-order valence-electron chi connectivity index (χ1n) is 8.72. The van der Waals surface area contributed by atoms with Crippen molar-refractivity contribution >= 4 is 5.91 Å². The largest absolute Gasteiger partial charge is 0.389 e. The Labute approximate surface area is 148 Å². The Hall–Kier alpha value is -2.18. The second-order valence-corrected chi connectivity index (χ2v) is 7.21. The van der Waals surface area contributed by atoms with Crippen molar-refractivity contribution in [2.24, 2.45) is 0 Å². The number of piperazine rings is 1. The Kier molecular flexibility index (Phi) is 5.20. The predicted molar refractivity (Wildman–Crippen MR) is 96.1 cm³/mol. The zero-order valence-corrected chi connectivity index (χ0v) is 14.9. The second-order valence-electron chi connectivity index (χ2n) is 7.21. The SMILES string of the molecule is CC(C)(O)CN1CCN(C(=O)[C@H](c2ccccc2)n2cccn2)CC1. The van der Waals surface area contributed by atoms with E-state index >= 15 is 0 Å². The third-order valence-corrected chi connectivity index (χ3v) is 4.43. The first-order valence-corrected chi connectivity index (χ1v) is 8.72. The number of nitrogens with zero attached hydrogens (tertiary/aromatic N) is 4. The van der Waals surface area contributed by atoms with Gasteiger partial charge >= 0.3 is 0 Å². The average Bonchev–Trinajstić information content (AvgIpc) is 3.09. The number of amides is 1. The summed E-state index contributed by atoms with van der Waals surface area (Å²) in [7, 11) is 0. The summed E-state index contributed by atoms with van der Waals surface area (Å²) in [6, 6.07) is 11.2. The van der Waals surface area contributed by atoms with E-state index < -0.39 is 11.6 Å². The van der Waals surface area contributed by atoms with Gasteiger partial charge in [0.2, 0.25) is 0 Å². The second kappa shape index (κ2) is 7.37. The molecule has 134 valence electrons. The molecule has 2 heterocycles. The maximum atomic E-state index is 13.2. The third kappa shape index (κ3) is 4.46. The summed E-state index contributed by atoms with van der Waals surface area (Å²) >= 11 is 0. The zero-order chi connectivity index (χ0) is 17.9. The van der Waals surface area contributed by atoms with Crippen molar-refractivity contribution in [2.75, 3.05) is 32.7 Å². The van der Waals surface area contributed by atoms with Gasteiger partial charge in [-0.1, -0.05) is 30.3 Å². The molecule has 1 aliphatic heterocycles. The monoisotopic (exact) mass is 342 g/mol.